The molecule has 1 aliphatic heterocycles. The van der Waals surface area contributed by atoms with Crippen LogP contribution in [-0.2, 0) is 0 Å². The molecule has 9 heteroatoms. The number of benzene rings is 2. The fraction of sp³-hybridized carbons (Fsp3) is 0.238. The van der Waals surface area contributed by atoms with Gasteiger partial charge >= 0.3 is 0 Å². The van der Waals surface area contributed by atoms with E-state index < -0.39 is 0 Å². The molecule has 30 heavy (non-hydrogen) atoms. The van der Waals surface area contributed by atoms with Crippen molar-refractivity contribution in [3.8, 4) is 17.2 Å². The van der Waals surface area contributed by atoms with Crippen molar-refractivity contribution in [3.63, 3.8) is 0 Å². The van der Waals surface area contributed by atoms with Crippen molar-refractivity contribution in [1.82, 2.24) is 10.3 Å². The topological polar surface area (TPSA) is 108 Å². The summed E-state index contributed by atoms with van der Waals surface area (Å²) in [5.41, 5.74) is 7.30. The Labute approximate surface area is 178 Å². The molecule has 0 saturated heterocycles. The van der Waals surface area contributed by atoms with E-state index in [4.69, 9.17) is 19.9 Å². The predicted molar refractivity (Wildman–Crippen MR) is 116 cm³/mol. The molecular formula is C21H22N4O4S. The van der Waals surface area contributed by atoms with Crippen molar-refractivity contribution >= 4 is 33.8 Å². The lowest BCUT2D eigenvalue weighted by Crippen LogP contribution is -2.20. The van der Waals surface area contributed by atoms with Gasteiger partial charge in [-0.2, -0.15) is 0 Å². The van der Waals surface area contributed by atoms with Crippen LogP contribution in [0.4, 0.5) is 16.6 Å². The fourth-order valence-corrected chi connectivity index (χ4v) is 3.76. The van der Waals surface area contributed by atoms with Gasteiger partial charge in [0.15, 0.2) is 16.6 Å². The Morgan fingerprint density at radius 1 is 1.20 bits per heavy atom. The smallest absolute Gasteiger partial charge is 0.231 e. The number of fused-ring (bicyclic) bond motifs is 1. The van der Waals surface area contributed by atoms with E-state index in [1.807, 2.05) is 24.3 Å². The molecule has 4 rings (SSSR count). The van der Waals surface area contributed by atoms with Crippen LogP contribution in [0, 0.1) is 0 Å². The Morgan fingerprint density at radius 3 is 2.80 bits per heavy atom. The molecule has 1 aliphatic rings. The number of ketones is 1. The average Bonchev–Trinajstić information content (AvgIpc) is 3.37. The number of hydrogen-bond acceptors (Lipinski definition) is 9. The Balaban J connectivity index is 1.42. The lowest BCUT2D eigenvalue weighted by molar-refractivity contribution is 0.104. The predicted octanol–water partition coefficient (Wildman–Crippen LogP) is 3.42. The number of ether oxygens (including phenoxy) is 3. The molecule has 3 aromatic rings. The molecule has 8 nitrogen and oxygen atoms in total. The molecule has 0 unspecified atom stereocenters. The quantitative estimate of drug-likeness (QED) is 0.353. The number of nitrogen functional groups attached to an aromatic ring is 1. The maximum Gasteiger partial charge on any atom is 0.231 e. The van der Waals surface area contributed by atoms with Crippen LogP contribution in [0.5, 0.6) is 17.2 Å². The highest BCUT2D eigenvalue weighted by Gasteiger charge is 2.21. The van der Waals surface area contributed by atoms with Crippen molar-refractivity contribution in [1.29, 1.82) is 0 Å². The third-order valence-electron chi connectivity index (χ3n) is 4.40. The number of aromatic nitrogens is 1. The number of carbonyl (C=O) groups is 1. The minimum absolute atomic E-state index is 0.156. The number of anilines is 3. The highest BCUT2D eigenvalue weighted by Crippen LogP contribution is 2.35. The van der Waals surface area contributed by atoms with Crippen molar-refractivity contribution in [2.24, 2.45) is 0 Å². The first-order valence-corrected chi connectivity index (χ1v) is 10.4. The third kappa shape index (κ3) is 4.47. The molecule has 0 atom stereocenters. The van der Waals surface area contributed by atoms with E-state index in [1.165, 1.54) is 11.3 Å². The van der Waals surface area contributed by atoms with Gasteiger partial charge in [-0.25, -0.2) is 4.98 Å². The monoisotopic (exact) mass is 426 g/mol. The molecule has 0 saturated carbocycles. The van der Waals surface area contributed by atoms with Gasteiger partial charge in [0.25, 0.3) is 0 Å². The zero-order valence-electron chi connectivity index (χ0n) is 16.4. The molecule has 0 spiro atoms. The van der Waals surface area contributed by atoms with E-state index in [-0.39, 0.29) is 18.4 Å². The second-order valence-electron chi connectivity index (χ2n) is 6.48. The normalized spacial score (nSPS) is 12.0. The molecule has 156 valence electrons. The minimum atomic E-state index is -0.208. The molecule has 0 radical (unpaired) electrons. The summed E-state index contributed by atoms with van der Waals surface area (Å²) in [6, 6.07) is 12.6. The van der Waals surface area contributed by atoms with E-state index in [1.54, 1.807) is 18.2 Å². The molecule has 0 amide bonds. The molecular weight excluding hydrogens is 404 g/mol. The van der Waals surface area contributed by atoms with Gasteiger partial charge in [0.1, 0.15) is 23.1 Å². The number of likely N-dealkylation sites (N-methyl/N-ethyl adjacent to an activating group) is 1. The number of nitrogens with zero attached hydrogens (tertiary/aromatic N) is 1. The number of rotatable bonds is 9. The highest BCUT2D eigenvalue weighted by molar-refractivity contribution is 7.18. The van der Waals surface area contributed by atoms with E-state index in [2.05, 4.69) is 22.5 Å². The highest BCUT2D eigenvalue weighted by atomic mass is 32.1. The Morgan fingerprint density at radius 2 is 2.00 bits per heavy atom. The molecule has 4 N–H and O–H groups in total. The SMILES string of the molecule is CCNCCOc1ccc(Nc2nc(N)c(C(=O)c3ccc4c(c3)OCO4)s2)cc1. The zero-order valence-corrected chi connectivity index (χ0v) is 17.3. The first-order chi connectivity index (χ1) is 14.6. The maximum atomic E-state index is 12.9. The van der Waals surface area contributed by atoms with E-state index in [0.717, 1.165) is 24.5 Å². The largest absolute Gasteiger partial charge is 0.492 e. The number of carbonyl (C=O) groups excluding carboxylic acids is 1. The standard InChI is InChI=1S/C21H22N4O4S/c1-2-23-9-10-27-15-6-4-14(5-7-15)24-21-25-20(22)19(30-21)18(26)13-3-8-16-17(11-13)29-12-28-16/h3-8,11,23H,2,9-10,12,22H2,1H3,(H,24,25). The lowest BCUT2D eigenvalue weighted by Gasteiger charge is -2.07. The molecule has 0 aliphatic carbocycles. The van der Waals surface area contributed by atoms with Gasteiger partial charge < -0.3 is 30.6 Å². The lowest BCUT2D eigenvalue weighted by atomic mass is 10.1. The molecule has 2 heterocycles. The fourth-order valence-electron chi connectivity index (χ4n) is 2.89. The van der Waals surface area contributed by atoms with E-state index >= 15 is 0 Å². The van der Waals surface area contributed by atoms with Gasteiger partial charge in [0.05, 0.1) is 0 Å². The van der Waals surface area contributed by atoms with Crippen LogP contribution in [0.15, 0.2) is 42.5 Å². The van der Waals surface area contributed by atoms with E-state index in [9.17, 15) is 4.79 Å². The van der Waals surface area contributed by atoms with Crippen LogP contribution in [0.3, 0.4) is 0 Å². The first kappa shape index (κ1) is 20.0. The number of thiazole rings is 1. The van der Waals surface area contributed by atoms with Gasteiger partial charge in [0, 0.05) is 17.8 Å². The third-order valence-corrected chi connectivity index (χ3v) is 5.38. The maximum absolute atomic E-state index is 12.9. The summed E-state index contributed by atoms with van der Waals surface area (Å²) in [6.07, 6.45) is 0. The first-order valence-electron chi connectivity index (χ1n) is 9.55. The Kier molecular flexibility index (Phi) is 6.01. The van der Waals surface area contributed by atoms with Gasteiger partial charge in [-0.1, -0.05) is 18.3 Å². The van der Waals surface area contributed by atoms with Crippen molar-refractivity contribution in [2.75, 3.05) is 37.5 Å². The van der Waals surface area contributed by atoms with Crippen LogP contribution in [0.2, 0.25) is 0 Å². The van der Waals surface area contributed by atoms with Crippen LogP contribution in [0.1, 0.15) is 22.2 Å². The summed E-state index contributed by atoms with van der Waals surface area (Å²) in [5, 5.41) is 6.93. The number of nitrogens with one attached hydrogen (secondary N) is 2. The van der Waals surface area contributed by atoms with Crippen molar-refractivity contribution in [3.05, 3.63) is 52.9 Å². The van der Waals surface area contributed by atoms with Crippen LogP contribution < -0.4 is 30.6 Å². The van der Waals surface area contributed by atoms with Crippen molar-refractivity contribution in [2.45, 2.75) is 6.92 Å². The van der Waals surface area contributed by atoms with Gasteiger partial charge in [-0.05, 0) is 49.0 Å². The van der Waals surface area contributed by atoms with Gasteiger partial charge in [-0.15, -0.1) is 0 Å². The Hall–Kier alpha value is -3.30. The van der Waals surface area contributed by atoms with Gasteiger partial charge in [0.2, 0.25) is 12.6 Å². The van der Waals surface area contributed by atoms with Crippen LogP contribution >= 0.6 is 11.3 Å². The molecule has 2 aromatic carbocycles. The second kappa shape index (κ2) is 9.02. The van der Waals surface area contributed by atoms with Gasteiger partial charge in [-0.3, -0.25) is 4.79 Å². The summed E-state index contributed by atoms with van der Waals surface area (Å²) in [6.45, 7) is 4.54. The minimum Gasteiger partial charge on any atom is -0.492 e. The number of hydrogen-bond donors (Lipinski definition) is 3. The van der Waals surface area contributed by atoms with Crippen LogP contribution in [0.25, 0.3) is 0 Å². The zero-order chi connectivity index (χ0) is 20.9. The second-order valence-corrected chi connectivity index (χ2v) is 7.48. The van der Waals surface area contributed by atoms with Crippen LogP contribution in [-0.4, -0.2) is 37.3 Å². The molecule has 0 bridgehead atoms. The van der Waals surface area contributed by atoms with Crippen molar-refractivity contribution < 1.29 is 19.0 Å². The molecule has 1 aromatic heterocycles. The average molecular weight is 426 g/mol. The molecule has 0 fully saturated rings. The Bertz CT molecular complexity index is 1040. The summed E-state index contributed by atoms with van der Waals surface area (Å²) >= 11 is 1.21. The summed E-state index contributed by atoms with van der Waals surface area (Å²) < 4.78 is 16.3. The van der Waals surface area contributed by atoms with E-state index in [0.29, 0.717) is 33.7 Å². The summed E-state index contributed by atoms with van der Waals surface area (Å²) in [4.78, 5) is 17.5. The summed E-state index contributed by atoms with van der Waals surface area (Å²) in [7, 11) is 0. The summed E-state index contributed by atoms with van der Waals surface area (Å²) in [5.74, 6) is 1.94. The number of nitrogens with two attached hydrogens (primary N) is 1.